The summed E-state index contributed by atoms with van der Waals surface area (Å²) in [7, 11) is 5.31. The molecule has 2 heterocycles. The summed E-state index contributed by atoms with van der Waals surface area (Å²) in [5.74, 6) is 2.51. The number of aromatic nitrogens is 2. The number of amides is 2. The number of unbranched alkanes of at least 4 members (excludes halogenated alkanes) is 1. The zero-order valence-corrected chi connectivity index (χ0v) is 33.9. The van der Waals surface area contributed by atoms with Crippen LogP contribution in [0.1, 0.15) is 54.0 Å². The van der Waals surface area contributed by atoms with E-state index in [4.69, 9.17) is 23.9 Å². The molecule has 13 heteroatoms. The van der Waals surface area contributed by atoms with Gasteiger partial charge >= 0.3 is 6.09 Å². The molecular weight excluding hydrogens is 711 g/mol. The molecule has 0 radical (unpaired) electrons. The topological polar surface area (TPSA) is 131 Å². The number of nitrogens with one attached hydrogen (secondary N) is 2. The monoisotopic (exact) mass is 767 g/mol. The molecule has 3 aromatic carbocycles. The van der Waals surface area contributed by atoms with E-state index < -0.39 is 6.09 Å². The molecule has 2 N–H and O–H groups in total. The Bertz CT molecular complexity index is 1910. The smallest absolute Gasteiger partial charge is 0.421 e. The molecule has 1 aliphatic heterocycles. The molecule has 1 fully saturated rings. The summed E-state index contributed by atoms with van der Waals surface area (Å²) in [6.07, 6.45) is 4.01. The molecule has 5 rings (SSSR count). The SMILES string of the molecule is CCCCNC(=O)Cc1cccc(CN(C(=O)Oc2c(C)cc(C)cc2C)c2ccnc(Nc3cc(OC)c(OC)c(OCCCN4CCN(C)CC4)c3)n2)c1. The molecule has 0 saturated carbocycles. The molecule has 300 valence electrons. The second kappa shape index (κ2) is 20.5. The van der Waals surface area contributed by atoms with E-state index in [-0.39, 0.29) is 24.8 Å². The van der Waals surface area contributed by atoms with Crippen LogP contribution < -0.4 is 34.5 Å². The van der Waals surface area contributed by atoms with Gasteiger partial charge in [0.1, 0.15) is 11.6 Å². The van der Waals surface area contributed by atoms with Gasteiger partial charge < -0.3 is 39.4 Å². The van der Waals surface area contributed by atoms with Crippen LogP contribution in [0.5, 0.6) is 23.0 Å². The number of carbonyl (C=O) groups is 2. The zero-order chi connectivity index (χ0) is 40.0. The first-order valence-electron chi connectivity index (χ1n) is 19.4. The fourth-order valence-corrected chi connectivity index (χ4v) is 6.72. The van der Waals surface area contributed by atoms with Crippen molar-refractivity contribution in [1.29, 1.82) is 0 Å². The fourth-order valence-electron chi connectivity index (χ4n) is 6.72. The van der Waals surface area contributed by atoms with Crippen LogP contribution in [0.4, 0.5) is 22.2 Å². The van der Waals surface area contributed by atoms with E-state index in [0.717, 1.165) is 79.8 Å². The van der Waals surface area contributed by atoms with Crippen molar-refractivity contribution in [3.8, 4) is 23.0 Å². The normalized spacial score (nSPS) is 13.2. The molecule has 13 nitrogen and oxygen atoms in total. The van der Waals surface area contributed by atoms with Crippen LogP contribution >= 0.6 is 0 Å². The molecular formula is C43H57N7O6. The third-order valence-electron chi connectivity index (χ3n) is 9.65. The number of aryl methyl sites for hydroxylation is 3. The number of nitrogens with zero attached hydrogens (tertiary/aromatic N) is 5. The van der Waals surface area contributed by atoms with Crippen molar-refractivity contribution in [3.63, 3.8) is 0 Å². The van der Waals surface area contributed by atoms with Gasteiger partial charge in [0, 0.05) is 63.3 Å². The Morgan fingerprint density at radius 2 is 1.61 bits per heavy atom. The molecule has 56 heavy (non-hydrogen) atoms. The van der Waals surface area contributed by atoms with Crippen molar-refractivity contribution < 1.29 is 28.5 Å². The van der Waals surface area contributed by atoms with Gasteiger partial charge in [0.05, 0.1) is 33.8 Å². The molecule has 0 aliphatic carbocycles. The number of ether oxygens (including phenoxy) is 4. The minimum absolute atomic E-state index is 0.0434. The van der Waals surface area contributed by atoms with Gasteiger partial charge in [0.15, 0.2) is 11.5 Å². The third kappa shape index (κ3) is 11.8. The summed E-state index contributed by atoms with van der Waals surface area (Å²) in [6.45, 7) is 14.4. The lowest BCUT2D eigenvalue weighted by molar-refractivity contribution is -0.120. The highest BCUT2D eigenvalue weighted by atomic mass is 16.6. The van der Waals surface area contributed by atoms with Crippen molar-refractivity contribution in [1.82, 2.24) is 25.1 Å². The zero-order valence-electron chi connectivity index (χ0n) is 33.9. The standard InChI is InChI=1S/C43H57N7O6/c1-8-9-15-44-39(51)26-33-12-10-13-34(25-33)29-50(43(52)56-40-31(3)23-30(2)24-32(40)4)38-14-16-45-42(47-38)46-35-27-36(53-6)41(54-7)37(28-35)55-22-11-17-49-20-18-48(5)19-21-49/h10,12-14,16,23-25,27-28H,8-9,11,15,17-22,26,29H2,1-7H3,(H,44,51)(H,45,46,47). The molecule has 2 amide bonds. The largest absolute Gasteiger partial charge is 0.493 e. The second-order valence-electron chi connectivity index (χ2n) is 14.3. The van der Waals surface area contributed by atoms with Crippen molar-refractivity contribution >= 4 is 29.5 Å². The van der Waals surface area contributed by atoms with Crippen LogP contribution in [0.15, 0.2) is 60.8 Å². The molecule has 1 aliphatic rings. The number of rotatable bonds is 18. The van der Waals surface area contributed by atoms with Gasteiger partial charge in [-0.2, -0.15) is 4.98 Å². The van der Waals surface area contributed by atoms with Gasteiger partial charge in [0.2, 0.25) is 17.6 Å². The van der Waals surface area contributed by atoms with Gasteiger partial charge in [-0.25, -0.2) is 9.78 Å². The first kappa shape index (κ1) is 41.8. The van der Waals surface area contributed by atoms with E-state index in [1.165, 1.54) is 4.90 Å². The lowest BCUT2D eigenvalue weighted by atomic mass is 10.1. The van der Waals surface area contributed by atoms with Gasteiger partial charge in [-0.3, -0.25) is 9.69 Å². The number of anilines is 3. The Labute approximate surface area is 331 Å². The van der Waals surface area contributed by atoms with Gasteiger partial charge in [-0.15, -0.1) is 0 Å². The number of likely N-dealkylation sites (N-methyl/N-ethyl adjacent to an activating group) is 1. The van der Waals surface area contributed by atoms with Crippen LogP contribution in [0, 0.1) is 20.8 Å². The highest BCUT2D eigenvalue weighted by Gasteiger charge is 2.24. The molecule has 1 aromatic heterocycles. The van der Waals surface area contributed by atoms with E-state index in [1.54, 1.807) is 32.5 Å². The second-order valence-corrected chi connectivity index (χ2v) is 14.3. The summed E-state index contributed by atoms with van der Waals surface area (Å²) in [5.41, 5.74) is 5.03. The van der Waals surface area contributed by atoms with Crippen molar-refractivity contribution in [2.24, 2.45) is 0 Å². The number of hydrogen-bond acceptors (Lipinski definition) is 11. The quantitative estimate of drug-likeness (QED) is 0.103. The van der Waals surface area contributed by atoms with Crippen molar-refractivity contribution in [3.05, 3.63) is 88.6 Å². The Morgan fingerprint density at radius 3 is 2.32 bits per heavy atom. The van der Waals surface area contributed by atoms with E-state index in [2.05, 4.69) is 39.4 Å². The van der Waals surface area contributed by atoms with Crippen LogP contribution in [-0.4, -0.2) is 98.9 Å². The molecule has 0 atom stereocenters. The minimum Gasteiger partial charge on any atom is -0.493 e. The fraction of sp³-hybridized carbons (Fsp3) is 0.442. The number of carbonyl (C=O) groups excluding carboxylic acids is 2. The van der Waals surface area contributed by atoms with E-state index in [0.29, 0.717) is 47.7 Å². The third-order valence-corrected chi connectivity index (χ3v) is 9.65. The Balaban J connectivity index is 1.38. The summed E-state index contributed by atoms with van der Waals surface area (Å²) >= 11 is 0. The minimum atomic E-state index is -0.606. The van der Waals surface area contributed by atoms with Crippen LogP contribution in [0.3, 0.4) is 0 Å². The predicted octanol–water partition coefficient (Wildman–Crippen LogP) is 6.84. The number of hydrogen-bond donors (Lipinski definition) is 2. The van der Waals surface area contributed by atoms with Crippen LogP contribution in [0.2, 0.25) is 0 Å². The van der Waals surface area contributed by atoms with E-state index >= 15 is 0 Å². The summed E-state index contributed by atoms with van der Waals surface area (Å²) in [5, 5.41) is 6.24. The first-order chi connectivity index (χ1) is 27.1. The van der Waals surface area contributed by atoms with Crippen LogP contribution in [0.25, 0.3) is 0 Å². The lowest BCUT2D eigenvalue weighted by Crippen LogP contribution is -2.44. The van der Waals surface area contributed by atoms with Crippen molar-refractivity contribution in [2.45, 2.75) is 59.9 Å². The first-order valence-corrected chi connectivity index (χ1v) is 19.4. The Kier molecular flexibility index (Phi) is 15.3. The molecule has 0 spiro atoms. The maximum Gasteiger partial charge on any atom is 0.421 e. The summed E-state index contributed by atoms with van der Waals surface area (Å²) < 4.78 is 23.7. The summed E-state index contributed by atoms with van der Waals surface area (Å²) in [6, 6.07) is 16.9. The van der Waals surface area contributed by atoms with Gasteiger partial charge in [-0.05, 0) is 69.0 Å². The molecule has 4 aromatic rings. The van der Waals surface area contributed by atoms with Crippen molar-refractivity contribution in [2.75, 3.05) is 77.4 Å². The Hall–Kier alpha value is -5.40. The van der Waals surface area contributed by atoms with E-state index in [1.807, 2.05) is 63.2 Å². The molecule has 1 saturated heterocycles. The molecule has 0 unspecified atom stereocenters. The van der Waals surface area contributed by atoms with Gasteiger partial charge in [-0.1, -0.05) is 55.3 Å². The number of benzene rings is 3. The average Bonchev–Trinajstić information content (AvgIpc) is 3.17. The maximum atomic E-state index is 14.1. The highest BCUT2D eigenvalue weighted by Crippen LogP contribution is 2.41. The van der Waals surface area contributed by atoms with E-state index in [9.17, 15) is 9.59 Å². The number of piperazine rings is 1. The number of methoxy groups -OCH3 is 2. The molecule has 0 bridgehead atoms. The average molecular weight is 768 g/mol. The van der Waals surface area contributed by atoms with Gasteiger partial charge in [0.25, 0.3) is 0 Å². The highest BCUT2D eigenvalue weighted by molar-refractivity contribution is 5.88. The summed E-state index contributed by atoms with van der Waals surface area (Å²) in [4.78, 5) is 42.3. The lowest BCUT2D eigenvalue weighted by Gasteiger charge is -2.32. The predicted molar refractivity (Wildman–Crippen MR) is 220 cm³/mol. The Morgan fingerprint density at radius 1 is 0.875 bits per heavy atom. The maximum absolute atomic E-state index is 14.1. The van der Waals surface area contributed by atoms with Crippen LogP contribution in [-0.2, 0) is 17.8 Å².